The number of nitriles is 1. The van der Waals surface area contributed by atoms with Crippen molar-refractivity contribution in [2.75, 3.05) is 30.4 Å². The van der Waals surface area contributed by atoms with E-state index >= 15 is 0 Å². The Labute approximate surface area is 102 Å². The summed E-state index contributed by atoms with van der Waals surface area (Å²) in [5, 5.41) is 8.80. The van der Waals surface area contributed by atoms with Gasteiger partial charge in [0.15, 0.2) is 4.99 Å². The van der Waals surface area contributed by atoms with Crippen LogP contribution in [0.4, 0.5) is 11.4 Å². The van der Waals surface area contributed by atoms with Gasteiger partial charge in [-0.15, -0.1) is 0 Å². The lowest BCUT2D eigenvalue weighted by Crippen LogP contribution is -2.27. The SMILES string of the molecule is CCN(C(=S)C#N)c1ccc(N(C)C)cc1. The predicted molar refractivity (Wildman–Crippen MR) is 72.0 cm³/mol. The molecule has 16 heavy (non-hydrogen) atoms. The lowest BCUT2D eigenvalue weighted by atomic mass is 10.2. The summed E-state index contributed by atoms with van der Waals surface area (Å²) in [4.78, 5) is 4.15. The van der Waals surface area contributed by atoms with E-state index < -0.39 is 0 Å². The van der Waals surface area contributed by atoms with Gasteiger partial charge in [-0.3, -0.25) is 0 Å². The summed E-state index contributed by atoms with van der Waals surface area (Å²) in [7, 11) is 3.99. The number of rotatable bonds is 3. The van der Waals surface area contributed by atoms with E-state index in [-0.39, 0.29) is 0 Å². The lowest BCUT2D eigenvalue weighted by Gasteiger charge is -2.21. The second-order valence-corrected chi connectivity index (χ2v) is 3.96. The Morgan fingerprint density at radius 3 is 2.12 bits per heavy atom. The fraction of sp³-hybridized carbons (Fsp3) is 0.333. The van der Waals surface area contributed by atoms with Crippen molar-refractivity contribution in [1.29, 1.82) is 5.26 Å². The van der Waals surface area contributed by atoms with Crippen LogP contribution in [0, 0.1) is 11.3 Å². The molecule has 0 aliphatic carbocycles. The first-order valence-electron chi connectivity index (χ1n) is 5.09. The Morgan fingerprint density at radius 1 is 1.25 bits per heavy atom. The maximum Gasteiger partial charge on any atom is 0.185 e. The lowest BCUT2D eigenvalue weighted by molar-refractivity contribution is 1.07. The molecule has 1 aromatic rings. The molecule has 3 nitrogen and oxygen atoms in total. The molecule has 1 rings (SSSR count). The van der Waals surface area contributed by atoms with Crippen molar-refractivity contribution in [2.45, 2.75) is 6.92 Å². The van der Waals surface area contributed by atoms with Gasteiger partial charge in [0.05, 0.1) is 0 Å². The molecule has 4 heteroatoms. The van der Waals surface area contributed by atoms with Crippen LogP contribution in [0.3, 0.4) is 0 Å². The van der Waals surface area contributed by atoms with E-state index in [9.17, 15) is 0 Å². The van der Waals surface area contributed by atoms with Crippen molar-refractivity contribution in [2.24, 2.45) is 0 Å². The molecule has 0 atom stereocenters. The van der Waals surface area contributed by atoms with Crippen molar-refractivity contribution < 1.29 is 0 Å². The molecule has 0 aliphatic heterocycles. The minimum atomic E-state index is 0.306. The van der Waals surface area contributed by atoms with E-state index in [1.165, 1.54) is 0 Å². The van der Waals surface area contributed by atoms with Crippen LogP contribution in [0.25, 0.3) is 0 Å². The highest BCUT2D eigenvalue weighted by Gasteiger charge is 2.09. The van der Waals surface area contributed by atoms with Crippen LogP contribution in [0.5, 0.6) is 0 Å². The van der Waals surface area contributed by atoms with E-state index in [1.807, 2.05) is 61.2 Å². The molecular formula is C12H15N3S. The molecule has 84 valence electrons. The van der Waals surface area contributed by atoms with E-state index in [1.54, 1.807) is 0 Å². The smallest absolute Gasteiger partial charge is 0.185 e. The van der Waals surface area contributed by atoms with Crippen LogP contribution in [0.2, 0.25) is 0 Å². The minimum Gasteiger partial charge on any atom is -0.378 e. The summed E-state index contributed by atoms with van der Waals surface area (Å²) in [6, 6.07) is 9.97. The Kier molecular flexibility index (Phi) is 4.27. The molecule has 0 spiro atoms. The number of hydrogen-bond acceptors (Lipinski definition) is 3. The van der Waals surface area contributed by atoms with E-state index in [0.717, 1.165) is 11.4 Å². The van der Waals surface area contributed by atoms with E-state index in [4.69, 9.17) is 17.5 Å². The van der Waals surface area contributed by atoms with Gasteiger partial charge in [0, 0.05) is 32.0 Å². The van der Waals surface area contributed by atoms with Crippen LogP contribution < -0.4 is 9.80 Å². The molecule has 0 saturated carbocycles. The standard InChI is InChI=1S/C12H15N3S/c1-4-15(12(16)9-13)11-7-5-10(6-8-11)14(2)3/h5-8H,4H2,1-3H3. The first-order chi connectivity index (χ1) is 7.60. The third kappa shape index (κ3) is 2.71. The monoisotopic (exact) mass is 233 g/mol. The van der Waals surface area contributed by atoms with Crippen LogP contribution in [0.15, 0.2) is 24.3 Å². The maximum absolute atomic E-state index is 8.80. The number of benzene rings is 1. The highest BCUT2D eigenvalue weighted by atomic mass is 32.1. The first kappa shape index (κ1) is 12.5. The normalized spacial score (nSPS) is 9.38. The molecule has 0 aliphatic rings. The van der Waals surface area contributed by atoms with E-state index in [0.29, 0.717) is 11.5 Å². The van der Waals surface area contributed by atoms with Crippen molar-refractivity contribution in [3.05, 3.63) is 24.3 Å². The van der Waals surface area contributed by atoms with Crippen molar-refractivity contribution in [3.63, 3.8) is 0 Å². The molecule has 0 saturated heterocycles. The van der Waals surface area contributed by atoms with Crippen LogP contribution in [-0.4, -0.2) is 25.6 Å². The zero-order chi connectivity index (χ0) is 12.1. The average Bonchev–Trinajstić information content (AvgIpc) is 2.30. The molecule has 0 fully saturated rings. The Balaban J connectivity index is 2.96. The van der Waals surface area contributed by atoms with Gasteiger partial charge >= 0.3 is 0 Å². The van der Waals surface area contributed by atoms with Crippen molar-refractivity contribution in [3.8, 4) is 6.07 Å². The summed E-state index contributed by atoms with van der Waals surface area (Å²) < 4.78 is 0. The molecule has 0 N–H and O–H groups in total. The van der Waals surface area contributed by atoms with Crippen molar-refractivity contribution in [1.82, 2.24) is 0 Å². The van der Waals surface area contributed by atoms with Gasteiger partial charge in [0.25, 0.3) is 0 Å². The highest BCUT2D eigenvalue weighted by molar-refractivity contribution is 7.81. The topological polar surface area (TPSA) is 30.3 Å². The Bertz CT molecular complexity index is 403. The summed E-state index contributed by atoms with van der Waals surface area (Å²) in [5.41, 5.74) is 2.09. The van der Waals surface area contributed by atoms with Gasteiger partial charge in [-0.1, -0.05) is 0 Å². The van der Waals surface area contributed by atoms with E-state index in [2.05, 4.69) is 0 Å². The Hall–Kier alpha value is -1.60. The van der Waals surface area contributed by atoms with Crippen LogP contribution >= 0.6 is 12.2 Å². The maximum atomic E-state index is 8.80. The quantitative estimate of drug-likeness (QED) is 0.750. The summed E-state index contributed by atoms with van der Waals surface area (Å²) in [6.07, 6.45) is 0. The largest absolute Gasteiger partial charge is 0.378 e. The number of nitrogens with zero attached hydrogens (tertiary/aromatic N) is 3. The third-order valence-corrected chi connectivity index (χ3v) is 2.65. The number of anilines is 2. The zero-order valence-corrected chi connectivity index (χ0v) is 10.6. The molecular weight excluding hydrogens is 218 g/mol. The van der Waals surface area contributed by atoms with Gasteiger partial charge in [-0.05, 0) is 43.4 Å². The van der Waals surface area contributed by atoms with Gasteiger partial charge in [0.2, 0.25) is 0 Å². The molecule has 1 aromatic carbocycles. The predicted octanol–water partition coefficient (Wildman–Crippen LogP) is 2.43. The summed E-state index contributed by atoms with van der Waals surface area (Å²) in [6.45, 7) is 2.68. The van der Waals surface area contributed by atoms with Gasteiger partial charge < -0.3 is 9.80 Å². The van der Waals surface area contributed by atoms with Gasteiger partial charge in [-0.25, -0.2) is 0 Å². The van der Waals surface area contributed by atoms with Crippen LogP contribution in [-0.2, 0) is 0 Å². The van der Waals surface area contributed by atoms with Crippen LogP contribution in [0.1, 0.15) is 6.92 Å². The summed E-state index contributed by atoms with van der Waals surface area (Å²) >= 11 is 5.00. The minimum absolute atomic E-state index is 0.306. The molecule has 0 amide bonds. The van der Waals surface area contributed by atoms with Gasteiger partial charge in [-0.2, -0.15) is 5.26 Å². The molecule has 0 aromatic heterocycles. The molecule has 0 bridgehead atoms. The van der Waals surface area contributed by atoms with Gasteiger partial charge in [0.1, 0.15) is 6.07 Å². The second kappa shape index (κ2) is 5.47. The highest BCUT2D eigenvalue weighted by Crippen LogP contribution is 2.19. The zero-order valence-electron chi connectivity index (χ0n) is 9.77. The molecule has 0 heterocycles. The molecule has 0 radical (unpaired) electrons. The summed E-state index contributed by atoms with van der Waals surface area (Å²) in [5.74, 6) is 0. The number of hydrogen-bond donors (Lipinski definition) is 0. The molecule has 0 unspecified atom stereocenters. The second-order valence-electron chi connectivity index (χ2n) is 3.57. The van der Waals surface area contributed by atoms with Crippen molar-refractivity contribution >= 4 is 28.6 Å². The third-order valence-electron chi connectivity index (χ3n) is 2.33. The fourth-order valence-corrected chi connectivity index (χ4v) is 1.67. The average molecular weight is 233 g/mol. The number of thiocarbonyl (C=S) groups is 1. The first-order valence-corrected chi connectivity index (χ1v) is 5.50. The fourth-order valence-electron chi connectivity index (χ4n) is 1.43. The Morgan fingerprint density at radius 2 is 1.75 bits per heavy atom.